The molecule has 0 saturated heterocycles. The molecule has 2 heterocycles. The molecule has 0 bridgehead atoms. The van der Waals surface area contributed by atoms with Crippen LogP contribution in [0, 0.1) is 0 Å². The number of hydrogen-bond donors (Lipinski definition) is 1. The number of aromatic nitrogens is 3. The predicted molar refractivity (Wildman–Crippen MR) is 69.4 cm³/mol. The Morgan fingerprint density at radius 2 is 2.33 bits per heavy atom. The number of halogens is 1. The fraction of sp³-hybridized carbons (Fsp3) is 0.364. The number of carbonyl (C=O) groups is 1. The van der Waals surface area contributed by atoms with Gasteiger partial charge in [-0.1, -0.05) is 6.92 Å². The molecule has 0 spiro atoms. The van der Waals surface area contributed by atoms with E-state index < -0.39 is 0 Å². The largest absolute Gasteiger partial charge is 0.428 e. The first kappa shape index (κ1) is 12.8. The van der Waals surface area contributed by atoms with Gasteiger partial charge in [0.2, 0.25) is 0 Å². The molecule has 2 aromatic rings. The molecule has 6 nitrogen and oxygen atoms in total. The predicted octanol–water partition coefficient (Wildman–Crippen LogP) is 2.47. The van der Waals surface area contributed by atoms with Crippen molar-refractivity contribution >= 4 is 27.9 Å². The molecule has 0 fully saturated rings. The number of nitrogens with zero attached hydrogens (tertiary/aromatic N) is 3. The lowest BCUT2D eigenvalue weighted by atomic mass is 10.4. The maximum atomic E-state index is 11.9. The molecule has 0 aromatic carbocycles. The number of anilines is 1. The Bertz CT molecular complexity index is 561. The van der Waals surface area contributed by atoms with Crippen molar-refractivity contribution in [1.82, 2.24) is 14.8 Å². The van der Waals surface area contributed by atoms with Crippen molar-refractivity contribution in [2.45, 2.75) is 26.8 Å². The summed E-state index contributed by atoms with van der Waals surface area (Å²) in [4.78, 5) is 15.9. The molecule has 96 valence electrons. The average Bonchev–Trinajstić information content (AvgIpc) is 2.95. The van der Waals surface area contributed by atoms with Gasteiger partial charge in [-0.15, -0.1) is 0 Å². The number of hydrogen-bond acceptors (Lipinski definition) is 4. The van der Waals surface area contributed by atoms with Gasteiger partial charge in [-0.25, -0.2) is 4.98 Å². The van der Waals surface area contributed by atoms with E-state index in [9.17, 15) is 4.79 Å². The van der Waals surface area contributed by atoms with Crippen molar-refractivity contribution in [3.05, 3.63) is 28.3 Å². The number of rotatable bonds is 4. The highest BCUT2D eigenvalue weighted by Gasteiger charge is 2.17. The van der Waals surface area contributed by atoms with E-state index in [1.807, 2.05) is 13.8 Å². The van der Waals surface area contributed by atoms with E-state index in [1.165, 1.54) is 0 Å². The minimum Gasteiger partial charge on any atom is -0.428 e. The minimum atomic E-state index is -0.349. The summed E-state index contributed by atoms with van der Waals surface area (Å²) >= 11 is 3.30. The van der Waals surface area contributed by atoms with Crippen LogP contribution in [0.5, 0.6) is 0 Å². The van der Waals surface area contributed by atoms with Gasteiger partial charge in [0.1, 0.15) is 5.76 Å². The van der Waals surface area contributed by atoms with E-state index in [4.69, 9.17) is 4.42 Å². The van der Waals surface area contributed by atoms with Crippen LogP contribution in [-0.4, -0.2) is 20.7 Å². The summed E-state index contributed by atoms with van der Waals surface area (Å²) in [7, 11) is 0. The molecule has 7 heteroatoms. The smallest absolute Gasteiger partial charge is 0.301 e. The lowest BCUT2D eigenvalue weighted by Crippen LogP contribution is -2.14. The van der Waals surface area contributed by atoms with E-state index in [1.54, 1.807) is 17.1 Å². The SMILES string of the molecule is CCc1cnc(NC(=O)c2nn(CC)cc2Br)o1. The third-order valence-corrected chi connectivity index (χ3v) is 2.96. The fourth-order valence-corrected chi connectivity index (χ4v) is 1.89. The Morgan fingerprint density at radius 3 is 2.89 bits per heavy atom. The standard InChI is InChI=1S/C11H13BrN4O2/c1-3-7-5-13-11(18-7)14-10(17)9-8(12)6-16(4-2)15-9/h5-6H,3-4H2,1-2H3,(H,13,14,17). The van der Waals surface area contributed by atoms with Crippen molar-refractivity contribution < 1.29 is 9.21 Å². The Hall–Kier alpha value is -1.63. The van der Waals surface area contributed by atoms with Crippen LogP contribution in [0.1, 0.15) is 30.1 Å². The maximum absolute atomic E-state index is 11.9. The Kier molecular flexibility index (Phi) is 3.81. The minimum absolute atomic E-state index is 0.190. The van der Waals surface area contributed by atoms with Crippen LogP contribution in [0.15, 0.2) is 21.3 Å². The second-order valence-electron chi connectivity index (χ2n) is 3.62. The number of oxazole rings is 1. The van der Waals surface area contributed by atoms with Gasteiger partial charge in [0.05, 0.1) is 10.7 Å². The topological polar surface area (TPSA) is 73.0 Å². The quantitative estimate of drug-likeness (QED) is 0.941. The Morgan fingerprint density at radius 1 is 1.56 bits per heavy atom. The molecule has 18 heavy (non-hydrogen) atoms. The molecule has 0 aliphatic carbocycles. The van der Waals surface area contributed by atoms with Gasteiger partial charge in [0.25, 0.3) is 5.91 Å². The summed E-state index contributed by atoms with van der Waals surface area (Å²) in [6, 6.07) is 0.190. The zero-order valence-corrected chi connectivity index (χ0v) is 11.7. The van der Waals surface area contributed by atoms with Gasteiger partial charge in [-0.3, -0.25) is 14.8 Å². The van der Waals surface area contributed by atoms with Crippen LogP contribution in [0.25, 0.3) is 0 Å². The first-order valence-corrected chi connectivity index (χ1v) is 6.42. The molecule has 2 rings (SSSR count). The van der Waals surface area contributed by atoms with Gasteiger partial charge in [0, 0.05) is 19.2 Å². The lowest BCUT2D eigenvalue weighted by molar-refractivity contribution is 0.101. The highest BCUT2D eigenvalue weighted by atomic mass is 79.9. The first-order valence-electron chi connectivity index (χ1n) is 5.63. The second-order valence-corrected chi connectivity index (χ2v) is 4.48. The van der Waals surface area contributed by atoms with Gasteiger partial charge in [-0.05, 0) is 22.9 Å². The van der Waals surface area contributed by atoms with E-state index >= 15 is 0 Å². The van der Waals surface area contributed by atoms with Crippen LogP contribution in [-0.2, 0) is 13.0 Å². The number of carbonyl (C=O) groups excluding carboxylic acids is 1. The van der Waals surface area contributed by atoms with E-state index in [2.05, 4.69) is 31.3 Å². The summed E-state index contributed by atoms with van der Waals surface area (Å²) in [5, 5.41) is 6.71. The van der Waals surface area contributed by atoms with Gasteiger partial charge in [0.15, 0.2) is 5.69 Å². The number of nitrogens with one attached hydrogen (secondary N) is 1. The normalized spacial score (nSPS) is 10.6. The van der Waals surface area contributed by atoms with Crippen LogP contribution in [0.2, 0.25) is 0 Å². The van der Waals surface area contributed by atoms with Crippen molar-refractivity contribution in [2.75, 3.05) is 5.32 Å². The van der Waals surface area contributed by atoms with Crippen LogP contribution in [0.4, 0.5) is 6.01 Å². The molecule has 0 aliphatic heterocycles. The molecule has 2 aromatic heterocycles. The maximum Gasteiger partial charge on any atom is 0.301 e. The number of amides is 1. The summed E-state index contributed by atoms with van der Waals surface area (Å²) in [5.41, 5.74) is 0.313. The fourth-order valence-electron chi connectivity index (χ4n) is 1.40. The molecular formula is C11H13BrN4O2. The third-order valence-electron chi connectivity index (χ3n) is 2.38. The highest BCUT2D eigenvalue weighted by Crippen LogP contribution is 2.17. The van der Waals surface area contributed by atoms with Gasteiger partial charge < -0.3 is 4.42 Å². The summed E-state index contributed by atoms with van der Waals surface area (Å²) in [6.45, 7) is 4.60. The summed E-state index contributed by atoms with van der Waals surface area (Å²) in [5.74, 6) is 0.377. The Labute approximate surface area is 113 Å². The Balaban J connectivity index is 2.13. The zero-order valence-electron chi connectivity index (χ0n) is 10.1. The van der Waals surface area contributed by atoms with Crippen molar-refractivity contribution in [1.29, 1.82) is 0 Å². The molecular weight excluding hydrogens is 300 g/mol. The highest BCUT2D eigenvalue weighted by molar-refractivity contribution is 9.10. The van der Waals surface area contributed by atoms with Crippen LogP contribution in [0.3, 0.4) is 0 Å². The van der Waals surface area contributed by atoms with Crippen molar-refractivity contribution in [3.8, 4) is 0 Å². The molecule has 1 N–H and O–H groups in total. The van der Waals surface area contributed by atoms with E-state index in [0.717, 1.165) is 12.2 Å². The third kappa shape index (κ3) is 2.61. The van der Waals surface area contributed by atoms with Crippen molar-refractivity contribution in [3.63, 3.8) is 0 Å². The molecule has 0 saturated carbocycles. The molecule has 0 aliphatic rings. The van der Waals surface area contributed by atoms with Gasteiger partial charge >= 0.3 is 6.01 Å². The lowest BCUT2D eigenvalue weighted by Gasteiger charge is -1.98. The van der Waals surface area contributed by atoms with E-state index in [0.29, 0.717) is 16.7 Å². The zero-order chi connectivity index (χ0) is 13.1. The number of aryl methyl sites for hydroxylation is 2. The van der Waals surface area contributed by atoms with Crippen LogP contribution >= 0.6 is 15.9 Å². The van der Waals surface area contributed by atoms with Crippen LogP contribution < -0.4 is 5.32 Å². The average molecular weight is 313 g/mol. The van der Waals surface area contributed by atoms with E-state index in [-0.39, 0.29) is 11.9 Å². The van der Waals surface area contributed by atoms with Gasteiger partial charge in [-0.2, -0.15) is 5.10 Å². The monoisotopic (exact) mass is 312 g/mol. The second kappa shape index (κ2) is 5.34. The summed E-state index contributed by atoms with van der Waals surface area (Å²) < 4.78 is 7.62. The molecule has 1 amide bonds. The molecule has 0 radical (unpaired) electrons. The molecule has 0 unspecified atom stereocenters. The molecule has 0 atom stereocenters. The van der Waals surface area contributed by atoms with Crippen molar-refractivity contribution in [2.24, 2.45) is 0 Å². The summed E-state index contributed by atoms with van der Waals surface area (Å²) in [6.07, 6.45) is 4.08. The first-order chi connectivity index (χ1) is 8.63.